The van der Waals surface area contributed by atoms with Gasteiger partial charge in [-0.1, -0.05) is 24.3 Å². The molecule has 130 valence electrons. The van der Waals surface area contributed by atoms with E-state index in [0.29, 0.717) is 11.9 Å². The monoisotopic (exact) mass is 344 g/mol. The van der Waals surface area contributed by atoms with Crippen molar-refractivity contribution in [2.24, 2.45) is 0 Å². The Morgan fingerprint density at radius 1 is 1.00 bits per heavy atom. The topological polar surface area (TPSA) is 52.7 Å². The summed E-state index contributed by atoms with van der Waals surface area (Å²) in [6.45, 7) is 6.48. The fraction of sp³-hybridized carbons (Fsp3) is 0.190. The molecule has 0 aliphatic rings. The predicted molar refractivity (Wildman–Crippen MR) is 103 cm³/mol. The van der Waals surface area contributed by atoms with Crippen molar-refractivity contribution < 1.29 is 0 Å². The summed E-state index contributed by atoms with van der Waals surface area (Å²) in [7, 11) is 0. The quantitative estimate of drug-likeness (QED) is 0.571. The molecule has 0 amide bonds. The molecule has 0 atom stereocenters. The van der Waals surface area contributed by atoms with Crippen molar-refractivity contribution in [3.05, 3.63) is 87.7 Å². The van der Waals surface area contributed by atoms with Gasteiger partial charge >= 0.3 is 0 Å². The van der Waals surface area contributed by atoms with Crippen LogP contribution in [-0.2, 0) is 6.54 Å². The van der Waals surface area contributed by atoms with Crippen LogP contribution >= 0.6 is 0 Å². The van der Waals surface area contributed by atoms with Crippen LogP contribution < -0.4 is 5.56 Å². The smallest absolute Gasteiger partial charge is 0.261 e. The first kappa shape index (κ1) is 16.3. The van der Waals surface area contributed by atoms with Crippen LogP contribution in [0.2, 0.25) is 0 Å². The summed E-state index contributed by atoms with van der Waals surface area (Å²) in [5.41, 5.74) is 5.93. The average molecular weight is 344 g/mol. The molecule has 2 aromatic carbocycles. The van der Waals surface area contributed by atoms with Crippen molar-refractivity contribution in [3.63, 3.8) is 0 Å². The molecule has 0 N–H and O–H groups in total. The van der Waals surface area contributed by atoms with E-state index in [2.05, 4.69) is 16.1 Å². The Labute approximate surface area is 151 Å². The summed E-state index contributed by atoms with van der Waals surface area (Å²) < 4.78 is 3.58. The Kier molecular flexibility index (Phi) is 3.92. The Hall–Kier alpha value is -3.21. The van der Waals surface area contributed by atoms with Crippen LogP contribution in [0.15, 0.2) is 59.7 Å². The second-order valence-corrected chi connectivity index (χ2v) is 6.65. The van der Waals surface area contributed by atoms with Gasteiger partial charge in [-0.25, -0.2) is 9.67 Å². The maximum atomic E-state index is 12.7. The highest BCUT2D eigenvalue weighted by atomic mass is 16.1. The molecule has 0 spiro atoms. The third kappa shape index (κ3) is 2.81. The van der Waals surface area contributed by atoms with Gasteiger partial charge in [0.25, 0.3) is 5.56 Å². The van der Waals surface area contributed by atoms with Gasteiger partial charge in [0.2, 0.25) is 0 Å². The zero-order chi connectivity index (χ0) is 18.3. The molecule has 0 fully saturated rings. The van der Waals surface area contributed by atoms with Gasteiger partial charge in [-0.2, -0.15) is 5.10 Å². The largest absolute Gasteiger partial charge is 0.294 e. The van der Waals surface area contributed by atoms with Crippen LogP contribution in [0.5, 0.6) is 0 Å². The molecule has 5 heteroatoms. The van der Waals surface area contributed by atoms with E-state index in [-0.39, 0.29) is 5.56 Å². The van der Waals surface area contributed by atoms with Gasteiger partial charge in [-0.3, -0.25) is 9.36 Å². The van der Waals surface area contributed by atoms with E-state index in [0.717, 1.165) is 33.7 Å². The fourth-order valence-corrected chi connectivity index (χ4v) is 3.28. The van der Waals surface area contributed by atoms with Gasteiger partial charge < -0.3 is 0 Å². The lowest BCUT2D eigenvalue weighted by molar-refractivity contribution is 0.747. The number of aromatic nitrogens is 4. The first-order chi connectivity index (χ1) is 12.5. The molecule has 0 saturated carbocycles. The lowest BCUT2D eigenvalue weighted by Crippen LogP contribution is -2.21. The minimum atomic E-state index is -0.0127. The van der Waals surface area contributed by atoms with Crippen LogP contribution in [0.3, 0.4) is 0 Å². The summed E-state index contributed by atoms with van der Waals surface area (Å²) in [5, 5.41) is 5.16. The maximum absolute atomic E-state index is 12.7. The second kappa shape index (κ2) is 6.26. The molecule has 0 unspecified atom stereocenters. The number of rotatable bonds is 3. The number of nitrogens with zero attached hydrogens (tertiary/aromatic N) is 4. The lowest BCUT2D eigenvalue weighted by Gasteiger charge is -2.09. The minimum absolute atomic E-state index is 0.0127. The van der Waals surface area contributed by atoms with E-state index < -0.39 is 0 Å². The van der Waals surface area contributed by atoms with Crippen LogP contribution in [0.25, 0.3) is 16.6 Å². The van der Waals surface area contributed by atoms with E-state index in [4.69, 9.17) is 0 Å². The van der Waals surface area contributed by atoms with E-state index in [1.54, 1.807) is 10.9 Å². The summed E-state index contributed by atoms with van der Waals surface area (Å²) >= 11 is 0. The van der Waals surface area contributed by atoms with E-state index >= 15 is 0 Å². The zero-order valence-electron chi connectivity index (χ0n) is 15.1. The summed E-state index contributed by atoms with van der Waals surface area (Å²) in [6.07, 6.45) is 1.63. The summed E-state index contributed by atoms with van der Waals surface area (Å²) in [6, 6.07) is 15.9. The second-order valence-electron chi connectivity index (χ2n) is 6.65. The van der Waals surface area contributed by atoms with Crippen molar-refractivity contribution in [2.45, 2.75) is 27.3 Å². The molecule has 5 nitrogen and oxygen atoms in total. The molecule has 0 radical (unpaired) electrons. The Balaban J connectivity index is 1.66. The molecule has 26 heavy (non-hydrogen) atoms. The molecule has 0 saturated heterocycles. The molecule has 0 aliphatic heterocycles. The Bertz CT molecular complexity index is 1150. The predicted octanol–water partition coefficient (Wildman–Crippen LogP) is 3.56. The molecule has 2 heterocycles. The van der Waals surface area contributed by atoms with Crippen molar-refractivity contribution in [1.82, 2.24) is 19.3 Å². The molecular formula is C21H20N4O. The van der Waals surface area contributed by atoms with Crippen molar-refractivity contribution >= 4 is 10.9 Å². The summed E-state index contributed by atoms with van der Waals surface area (Å²) in [5.74, 6) is 0. The minimum Gasteiger partial charge on any atom is -0.294 e. The highest BCUT2D eigenvalue weighted by Gasteiger charge is 2.07. The van der Waals surface area contributed by atoms with Gasteiger partial charge in [0.05, 0.1) is 35.2 Å². The van der Waals surface area contributed by atoms with Gasteiger partial charge in [0.1, 0.15) is 0 Å². The molecule has 2 aromatic heterocycles. The highest BCUT2D eigenvalue weighted by Crippen LogP contribution is 2.15. The summed E-state index contributed by atoms with van der Waals surface area (Å²) in [4.78, 5) is 17.2. The molecule has 4 rings (SSSR count). The Morgan fingerprint density at radius 3 is 2.46 bits per heavy atom. The van der Waals surface area contributed by atoms with Crippen LogP contribution in [0.1, 0.15) is 22.5 Å². The zero-order valence-corrected chi connectivity index (χ0v) is 15.1. The Morgan fingerprint density at radius 2 is 1.77 bits per heavy atom. The first-order valence-corrected chi connectivity index (χ1v) is 8.60. The van der Waals surface area contributed by atoms with Gasteiger partial charge in [0, 0.05) is 5.69 Å². The number of fused-ring (bicyclic) bond motifs is 1. The van der Waals surface area contributed by atoms with Crippen molar-refractivity contribution in [3.8, 4) is 5.69 Å². The van der Waals surface area contributed by atoms with Gasteiger partial charge in [-0.15, -0.1) is 0 Å². The standard InChI is InChI=1S/C21H20N4O/c1-14-5-4-6-19-20(14)22-13-24(21(19)26)12-17-7-9-18(10-8-17)25-16(3)11-15(2)23-25/h4-11,13H,12H2,1-3H3. The molecule has 4 aromatic rings. The van der Waals surface area contributed by atoms with Crippen LogP contribution in [0, 0.1) is 20.8 Å². The normalized spacial score (nSPS) is 11.2. The molecular weight excluding hydrogens is 324 g/mol. The SMILES string of the molecule is Cc1cc(C)n(-c2ccc(Cn3cnc4c(C)cccc4c3=O)cc2)n1. The first-order valence-electron chi connectivity index (χ1n) is 8.60. The number of hydrogen-bond donors (Lipinski definition) is 0. The maximum Gasteiger partial charge on any atom is 0.261 e. The van der Waals surface area contributed by atoms with Crippen LogP contribution in [-0.4, -0.2) is 19.3 Å². The van der Waals surface area contributed by atoms with Crippen molar-refractivity contribution in [1.29, 1.82) is 0 Å². The van der Waals surface area contributed by atoms with Crippen molar-refractivity contribution in [2.75, 3.05) is 0 Å². The number of benzene rings is 2. The van der Waals surface area contributed by atoms with E-state index in [1.807, 2.05) is 67.9 Å². The van der Waals surface area contributed by atoms with Crippen LogP contribution in [0.4, 0.5) is 0 Å². The number of aryl methyl sites for hydroxylation is 3. The molecule has 0 aliphatic carbocycles. The fourth-order valence-electron chi connectivity index (χ4n) is 3.28. The van der Waals surface area contributed by atoms with E-state index in [9.17, 15) is 4.79 Å². The van der Waals surface area contributed by atoms with Gasteiger partial charge in [0.15, 0.2) is 0 Å². The third-order valence-corrected chi connectivity index (χ3v) is 4.60. The lowest BCUT2D eigenvalue weighted by atomic mass is 10.1. The number of para-hydroxylation sites is 1. The molecule has 0 bridgehead atoms. The number of hydrogen-bond acceptors (Lipinski definition) is 3. The highest BCUT2D eigenvalue weighted by molar-refractivity contribution is 5.80. The third-order valence-electron chi connectivity index (χ3n) is 4.60. The van der Waals surface area contributed by atoms with E-state index in [1.165, 1.54) is 0 Å². The average Bonchev–Trinajstić information content (AvgIpc) is 2.97. The van der Waals surface area contributed by atoms with Gasteiger partial charge in [-0.05, 0) is 56.2 Å².